The third kappa shape index (κ3) is 6.34. The molecule has 0 saturated carbocycles. The van der Waals surface area contributed by atoms with E-state index in [1.165, 1.54) is 11.1 Å². The molecule has 1 atom stereocenters. The highest BCUT2D eigenvalue weighted by atomic mass is 28.3. The molecule has 0 aromatic heterocycles. The molecule has 118 valence electrons. The fourth-order valence-electron chi connectivity index (χ4n) is 2.22. The van der Waals surface area contributed by atoms with Gasteiger partial charge in [-0.05, 0) is 38.8 Å². The van der Waals surface area contributed by atoms with Crippen molar-refractivity contribution in [3.05, 3.63) is 35.4 Å². The van der Waals surface area contributed by atoms with Crippen LogP contribution in [0.5, 0.6) is 0 Å². The molecule has 21 heavy (non-hydrogen) atoms. The molecule has 0 heterocycles. The second kappa shape index (κ2) is 6.65. The lowest BCUT2D eigenvalue weighted by Crippen LogP contribution is -2.41. The number of ether oxygens (including phenoxy) is 1. The van der Waals surface area contributed by atoms with Crippen molar-refractivity contribution in [3.63, 3.8) is 0 Å². The van der Waals surface area contributed by atoms with Gasteiger partial charge < -0.3 is 10.1 Å². The van der Waals surface area contributed by atoms with E-state index in [0.29, 0.717) is 12.1 Å². The first-order chi connectivity index (χ1) is 9.49. The van der Waals surface area contributed by atoms with E-state index in [1.54, 1.807) is 0 Å². The number of carbonyl (C=O) groups is 1. The fourth-order valence-corrected chi connectivity index (χ4v) is 4.13. The summed E-state index contributed by atoms with van der Waals surface area (Å²) in [6.45, 7) is 15.3. The van der Waals surface area contributed by atoms with Gasteiger partial charge in [0.15, 0.2) is 0 Å². The molecular weight excluding hydrogens is 278 g/mol. The van der Waals surface area contributed by atoms with Crippen LogP contribution < -0.4 is 5.32 Å². The number of benzene rings is 1. The normalized spacial score (nSPS) is 13.7. The van der Waals surface area contributed by atoms with Crippen molar-refractivity contribution in [2.24, 2.45) is 0 Å². The minimum Gasteiger partial charge on any atom is -0.444 e. The summed E-state index contributed by atoms with van der Waals surface area (Å²) in [7, 11) is -1.44. The smallest absolute Gasteiger partial charge is 0.407 e. The minimum absolute atomic E-state index is 0.335. The summed E-state index contributed by atoms with van der Waals surface area (Å²) in [5.74, 6) is 0. The molecule has 1 aromatic carbocycles. The molecule has 0 spiro atoms. The Balaban J connectivity index is 2.77. The summed E-state index contributed by atoms with van der Waals surface area (Å²) < 4.78 is 5.32. The summed E-state index contributed by atoms with van der Waals surface area (Å²) in [6.07, 6.45) is -0.335. The Morgan fingerprint density at radius 3 is 2.14 bits per heavy atom. The summed E-state index contributed by atoms with van der Waals surface area (Å²) in [5, 5.41) is 2.93. The molecular formula is C17H29NO2Si. The Morgan fingerprint density at radius 2 is 1.71 bits per heavy atom. The van der Waals surface area contributed by atoms with Gasteiger partial charge in [-0.2, -0.15) is 0 Å². The molecule has 0 aliphatic heterocycles. The summed E-state index contributed by atoms with van der Waals surface area (Å²) in [6, 6.07) is 8.62. The largest absolute Gasteiger partial charge is 0.444 e. The number of amides is 1. The topological polar surface area (TPSA) is 38.3 Å². The number of carbonyl (C=O) groups excluding carboxylic acids is 1. The molecule has 0 radical (unpaired) electrons. The number of aryl methyl sites for hydroxylation is 1. The second-order valence-corrected chi connectivity index (χ2v) is 13.1. The van der Waals surface area contributed by atoms with Crippen LogP contribution in [-0.4, -0.2) is 26.3 Å². The van der Waals surface area contributed by atoms with Crippen molar-refractivity contribution in [3.8, 4) is 0 Å². The Bertz CT molecular complexity index is 469. The average Bonchev–Trinajstić information content (AvgIpc) is 2.27. The SMILES string of the molecule is Cc1ccc(C(CNC(=O)OC(C)(C)C)[Si](C)(C)C)cc1. The summed E-state index contributed by atoms with van der Waals surface area (Å²) in [4.78, 5) is 11.9. The first kappa shape index (κ1) is 17.8. The van der Waals surface area contributed by atoms with Crippen molar-refractivity contribution in [1.29, 1.82) is 0 Å². The highest BCUT2D eigenvalue weighted by Gasteiger charge is 2.29. The Labute approximate surface area is 130 Å². The number of nitrogens with one attached hydrogen (secondary N) is 1. The third-order valence-corrected chi connectivity index (χ3v) is 6.00. The van der Waals surface area contributed by atoms with Gasteiger partial charge in [0.1, 0.15) is 5.60 Å². The Hall–Kier alpha value is -1.29. The zero-order chi connectivity index (χ0) is 16.3. The summed E-state index contributed by atoms with van der Waals surface area (Å²) >= 11 is 0. The number of hydrogen-bond acceptors (Lipinski definition) is 2. The molecule has 0 bridgehead atoms. The molecule has 3 nitrogen and oxygen atoms in total. The molecule has 1 unspecified atom stereocenters. The minimum atomic E-state index is -1.44. The molecule has 0 aliphatic carbocycles. The lowest BCUT2D eigenvalue weighted by Gasteiger charge is -2.30. The van der Waals surface area contributed by atoms with E-state index in [0.717, 1.165) is 0 Å². The average molecular weight is 308 g/mol. The van der Waals surface area contributed by atoms with Crippen LogP contribution in [0.3, 0.4) is 0 Å². The van der Waals surface area contributed by atoms with E-state index in [2.05, 4.69) is 56.1 Å². The number of hydrogen-bond donors (Lipinski definition) is 1. The molecule has 4 heteroatoms. The van der Waals surface area contributed by atoms with Gasteiger partial charge in [0.05, 0.1) is 8.07 Å². The Kier molecular flexibility index (Phi) is 5.62. The fraction of sp³-hybridized carbons (Fsp3) is 0.588. The first-order valence-corrected chi connectivity index (χ1v) is 11.1. The van der Waals surface area contributed by atoms with Crippen LogP contribution in [0, 0.1) is 6.92 Å². The maximum Gasteiger partial charge on any atom is 0.407 e. The molecule has 1 aromatic rings. The van der Waals surface area contributed by atoms with E-state index in [9.17, 15) is 4.79 Å². The van der Waals surface area contributed by atoms with Crippen LogP contribution >= 0.6 is 0 Å². The van der Waals surface area contributed by atoms with E-state index >= 15 is 0 Å². The lowest BCUT2D eigenvalue weighted by molar-refractivity contribution is 0.0527. The van der Waals surface area contributed by atoms with Crippen LogP contribution in [0.1, 0.15) is 37.4 Å². The zero-order valence-electron chi connectivity index (χ0n) is 14.4. The van der Waals surface area contributed by atoms with Gasteiger partial charge in [-0.15, -0.1) is 0 Å². The van der Waals surface area contributed by atoms with Crippen LogP contribution in [-0.2, 0) is 4.74 Å². The van der Waals surface area contributed by atoms with E-state index in [4.69, 9.17) is 4.74 Å². The number of alkyl carbamates (subject to hydrolysis) is 1. The quantitative estimate of drug-likeness (QED) is 0.833. The monoisotopic (exact) mass is 307 g/mol. The van der Waals surface area contributed by atoms with Crippen molar-refractivity contribution >= 4 is 14.2 Å². The van der Waals surface area contributed by atoms with Crippen LogP contribution in [0.15, 0.2) is 24.3 Å². The maximum atomic E-state index is 11.9. The third-order valence-electron chi connectivity index (χ3n) is 3.37. The van der Waals surface area contributed by atoms with Gasteiger partial charge in [-0.1, -0.05) is 49.5 Å². The van der Waals surface area contributed by atoms with Gasteiger partial charge in [0.2, 0.25) is 0 Å². The molecule has 0 fully saturated rings. The highest BCUT2D eigenvalue weighted by molar-refractivity contribution is 6.77. The van der Waals surface area contributed by atoms with Gasteiger partial charge in [-0.3, -0.25) is 0 Å². The maximum absolute atomic E-state index is 11.9. The predicted molar refractivity (Wildman–Crippen MR) is 91.5 cm³/mol. The van der Waals surface area contributed by atoms with Crippen LogP contribution in [0.25, 0.3) is 0 Å². The van der Waals surface area contributed by atoms with Crippen molar-refractivity contribution in [2.45, 2.75) is 58.5 Å². The van der Waals surface area contributed by atoms with E-state index in [1.807, 2.05) is 20.8 Å². The second-order valence-electron chi connectivity index (χ2n) is 7.71. The lowest BCUT2D eigenvalue weighted by atomic mass is 10.1. The van der Waals surface area contributed by atoms with Gasteiger partial charge in [0.25, 0.3) is 0 Å². The van der Waals surface area contributed by atoms with Crippen molar-refractivity contribution in [1.82, 2.24) is 5.32 Å². The molecule has 1 rings (SSSR count). The van der Waals surface area contributed by atoms with Crippen molar-refractivity contribution < 1.29 is 9.53 Å². The predicted octanol–water partition coefficient (Wildman–Crippen LogP) is 4.48. The standard InChI is InChI=1S/C17H29NO2Si/c1-13-8-10-14(11-9-13)15(21(5,6)7)12-18-16(19)20-17(2,3)4/h8-11,15H,12H2,1-7H3,(H,18,19). The van der Waals surface area contributed by atoms with Crippen molar-refractivity contribution in [2.75, 3.05) is 6.54 Å². The molecule has 1 N–H and O–H groups in total. The van der Waals surface area contributed by atoms with Crippen LogP contribution in [0.4, 0.5) is 4.79 Å². The Morgan fingerprint density at radius 1 is 1.19 bits per heavy atom. The van der Waals surface area contributed by atoms with E-state index in [-0.39, 0.29) is 6.09 Å². The van der Waals surface area contributed by atoms with Gasteiger partial charge in [0, 0.05) is 6.54 Å². The van der Waals surface area contributed by atoms with E-state index < -0.39 is 13.7 Å². The van der Waals surface area contributed by atoms with Gasteiger partial charge in [-0.25, -0.2) is 4.79 Å². The highest BCUT2D eigenvalue weighted by Crippen LogP contribution is 2.26. The van der Waals surface area contributed by atoms with Gasteiger partial charge >= 0.3 is 6.09 Å². The molecule has 0 aliphatic rings. The zero-order valence-corrected chi connectivity index (χ0v) is 15.4. The number of rotatable bonds is 4. The van der Waals surface area contributed by atoms with Crippen LogP contribution in [0.2, 0.25) is 19.6 Å². The molecule has 1 amide bonds. The molecule has 0 saturated heterocycles. The first-order valence-electron chi connectivity index (χ1n) is 7.52. The summed E-state index contributed by atoms with van der Waals surface area (Å²) in [5.41, 5.74) is 2.48.